The van der Waals surface area contributed by atoms with Crippen LogP contribution >= 0.6 is 11.6 Å². The molecule has 1 N–H and O–H groups in total. The maximum atomic E-state index is 6.17. The molecule has 0 spiro atoms. The monoisotopic (exact) mass is 299 g/mol. The highest BCUT2D eigenvalue weighted by Gasteiger charge is 2.41. The molecule has 108 valence electrons. The van der Waals surface area contributed by atoms with Gasteiger partial charge < -0.3 is 10.1 Å². The summed E-state index contributed by atoms with van der Waals surface area (Å²) < 4.78 is 6.05. The maximum absolute atomic E-state index is 6.17. The number of rotatable bonds is 1. The molecule has 2 aliphatic rings. The van der Waals surface area contributed by atoms with Gasteiger partial charge in [-0.25, -0.2) is 0 Å². The van der Waals surface area contributed by atoms with Crippen LogP contribution in [0.1, 0.15) is 35.3 Å². The second-order valence-corrected chi connectivity index (χ2v) is 6.45. The molecule has 1 fully saturated rings. The van der Waals surface area contributed by atoms with E-state index in [-0.39, 0.29) is 12.1 Å². The van der Waals surface area contributed by atoms with Gasteiger partial charge >= 0.3 is 0 Å². The maximum Gasteiger partial charge on any atom is 0.0896 e. The molecule has 2 aliphatic heterocycles. The molecule has 0 saturated carbocycles. The number of ether oxygens (including phenoxy) is 1. The fourth-order valence-electron chi connectivity index (χ4n) is 3.62. The van der Waals surface area contributed by atoms with Crippen molar-refractivity contribution in [1.29, 1.82) is 0 Å². The molecule has 2 aromatic rings. The molecule has 0 aliphatic carbocycles. The topological polar surface area (TPSA) is 21.3 Å². The Morgan fingerprint density at radius 1 is 1.19 bits per heavy atom. The number of halogens is 1. The Labute approximate surface area is 130 Å². The van der Waals surface area contributed by atoms with Crippen molar-refractivity contribution in [1.82, 2.24) is 0 Å². The van der Waals surface area contributed by atoms with E-state index in [1.54, 1.807) is 0 Å². The minimum atomic E-state index is 0.199. The third-order valence-corrected chi connectivity index (χ3v) is 4.83. The average Bonchev–Trinajstić information content (AvgIpc) is 2.96. The molecular weight excluding hydrogens is 282 g/mol. The number of aryl methyl sites for hydroxylation is 1. The van der Waals surface area contributed by atoms with Gasteiger partial charge in [0.1, 0.15) is 0 Å². The van der Waals surface area contributed by atoms with Crippen LogP contribution in [0.15, 0.2) is 42.5 Å². The molecule has 2 heterocycles. The van der Waals surface area contributed by atoms with Gasteiger partial charge in [0.05, 0.1) is 12.1 Å². The lowest BCUT2D eigenvalue weighted by Gasteiger charge is -2.36. The first kappa shape index (κ1) is 13.2. The highest BCUT2D eigenvalue weighted by Crippen LogP contribution is 2.50. The Morgan fingerprint density at radius 3 is 2.95 bits per heavy atom. The van der Waals surface area contributed by atoms with E-state index in [1.165, 1.54) is 22.4 Å². The Kier molecular flexibility index (Phi) is 3.16. The summed E-state index contributed by atoms with van der Waals surface area (Å²) in [6.07, 6.45) is 1.28. The van der Waals surface area contributed by atoms with E-state index in [2.05, 4.69) is 42.6 Å². The third kappa shape index (κ3) is 2.23. The molecule has 0 unspecified atom stereocenters. The van der Waals surface area contributed by atoms with Crippen LogP contribution in [0.2, 0.25) is 5.02 Å². The fourth-order valence-corrected chi connectivity index (χ4v) is 3.82. The Balaban J connectivity index is 1.79. The lowest BCUT2D eigenvalue weighted by atomic mass is 9.80. The van der Waals surface area contributed by atoms with Gasteiger partial charge in [0, 0.05) is 28.8 Å². The highest BCUT2D eigenvalue weighted by atomic mass is 35.5. The number of anilines is 1. The Morgan fingerprint density at radius 2 is 2.10 bits per heavy atom. The van der Waals surface area contributed by atoms with E-state index in [0.29, 0.717) is 5.92 Å². The molecule has 2 aromatic carbocycles. The third-order valence-electron chi connectivity index (χ3n) is 4.60. The predicted octanol–water partition coefficient (Wildman–Crippen LogP) is 4.89. The molecule has 4 rings (SSSR count). The largest absolute Gasteiger partial charge is 0.378 e. The SMILES string of the molecule is Cc1ccc2c(c1)[C@H]1OCC[C@H]1[C@@H](c1cccc(Cl)c1)N2. The van der Waals surface area contributed by atoms with Gasteiger partial charge in [-0.3, -0.25) is 0 Å². The van der Waals surface area contributed by atoms with Crippen molar-refractivity contribution in [2.75, 3.05) is 11.9 Å². The molecule has 2 nitrogen and oxygen atoms in total. The molecule has 0 aromatic heterocycles. The molecule has 3 heteroatoms. The summed E-state index contributed by atoms with van der Waals surface area (Å²) in [4.78, 5) is 0. The van der Waals surface area contributed by atoms with Gasteiger partial charge in [-0.1, -0.05) is 41.4 Å². The minimum Gasteiger partial charge on any atom is -0.378 e. The standard InChI is InChI=1S/C18H18ClNO/c1-11-5-6-16-15(9-11)18-14(7-8-21-18)17(20-16)12-3-2-4-13(19)10-12/h2-6,9-10,14,17-18,20H,7-8H2,1H3/t14-,17+,18-/m0/s1. The van der Waals surface area contributed by atoms with E-state index in [1.807, 2.05) is 12.1 Å². The summed E-state index contributed by atoms with van der Waals surface area (Å²) in [5.74, 6) is 0.470. The molecule has 21 heavy (non-hydrogen) atoms. The predicted molar refractivity (Wildman–Crippen MR) is 85.8 cm³/mol. The first-order valence-electron chi connectivity index (χ1n) is 7.46. The zero-order chi connectivity index (χ0) is 14.4. The smallest absolute Gasteiger partial charge is 0.0896 e. The van der Waals surface area contributed by atoms with Gasteiger partial charge in [0.15, 0.2) is 0 Å². The molecular formula is C18H18ClNO. The van der Waals surface area contributed by atoms with Crippen LogP contribution in [0.25, 0.3) is 0 Å². The number of hydrogen-bond donors (Lipinski definition) is 1. The van der Waals surface area contributed by atoms with Crippen LogP contribution in [0.5, 0.6) is 0 Å². The van der Waals surface area contributed by atoms with Crippen LogP contribution < -0.4 is 5.32 Å². The van der Waals surface area contributed by atoms with E-state index in [9.17, 15) is 0 Å². The van der Waals surface area contributed by atoms with E-state index in [0.717, 1.165) is 18.1 Å². The van der Waals surface area contributed by atoms with Crippen molar-refractivity contribution in [3.63, 3.8) is 0 Å². The van der Waals surface area contributed by atoms with Crippen LogP contribution in [0.3, 0.4) is 0 Å². The van der Waals surface area contributed by atoms with Crippen molar-refractivity contribution in [3.05, 3.63) is 64.2 Å². The summed E-state index contributed by atoms with van der Waals surface area (Å²) >= 11 is 6.17. The van der Waals surface area contributed by atoms with Crippen molar-refractivity contribution in [3.8, 4) is 0 Å². The fraction of sp³-hybridized carbons (Fsp3) is 0.333. The second kappa shape index (κ2) is 5.04. The zero-order valence-corrected chi connectivity index (χ0v) is 12.7. The quantitative estimate of drug-likeness (QED) is 0.809. The Hall–Kier alpha value is -1.51. The Bertz CT molecular complexity index is 685. The number of fused-ring (bicyclic) bond motifs is 3. The lowest BCUT2D eigenvalue weighted by molar-refractivity contribution is 0.0829. The molecule has 0 amide bonds. The van der Waals surface area contributed by atoms with Crippen LogP contribution in [-0.2, 0) is 4.74 Å². The summed E-state index contributed by atoms with van der Waals surface area (Å²) in [6.45, 7) is 2.97. The van der Waals surface area contributed by atoms with E-state index in [4.69, 9.17) is 16.3 Å². The van der Waals surface area contributed by atoms with Crippen LogP contribution in [-0.4, -0.2) is 6.61 Å². The molecule has 0 bridgehead atoms. The highest BCUT2D eigenvalue weighted by molar-refractivity contribution is 6.30. The molecule has 3 atom stereocenters. The van der Waals surface area contributed by atoms with Crippen molar-refractivity contribution >= 4 is 17.3 Å². The van der Waals surface area contributed by atoms with Crippen molar-refractivity contribution in [2.45, 2.75) is 25.5 Å². The van der Waals surface area contributed by atoms with E-state index >= 15 is 0 Å². The van der Waals surface area contributed by atoms with Gasteiger partial charge in [0.2, 0.25) is 0 Å². The number of hydrogen-bond acceptors (Lipinski definition) is 2. The van der Waals surface area contributed by atoms with Crippen molar-refractivity contribution < 1.29 is 4.74 Å². The van der Waals surface area contributed by atoms with E-state index < -0.39 is 0 Å². The number of benzene rings is 2. The second-order valence-electron chi connectivity index (χ2n) is 6.01. The first-order valence-corrected chi connectivity index (χ1v) is 7.84. The average molecular weight is 300 g/mol. The van der Waals surface area contributed by atoms with Gasteiger partial charge in [-0.2, -0.15) is 0 Å². The van der Waals surface area contributed by atoms with Crippen LogP contribution in [0, 0.1) is 12.8 Å². The van der Waals surface area contributed by atoms with Gasteiger partial charge in [-0.15, -0.1) is 0 Å². The zero-order valence-electron chi connectivity index (χ0n) is 12.0. The van der Waals surface area contributed by atoms with Gasteiger partial charge in [-0.05, 0) is 37.1 Å². The minimum absolute atomic E-state index is 0.199. The summed E-state index contributed by atoms with van der Waals surface area (Å²) in [7, 11) is 0. The first-order chi connectivity index (χ1) is 10.2. The normalized spacial score (nSPS) is 26.9. The number of nitrogens with one attached hydrogen (secondary N) is 1. The molecule has 0 radical (unpaired) electrons. The summed E-state index contributed by atoms with van der Waals surface area (Å²) in [5, 5.41) is 4.49. The van der Waals surface area contributed by atoms with Crippen LogP contribution in [0.4, 0.5) is 5.69 Å². The molecule has 1 saturated heterocycles. The summed E-state index contributed by atoms with van der Waals surface area (Å²) in [6, 6.07) is 15.0. The summed E-state index contributed by atoms with van der Waals surface area (Å²) in [5.41, 5.74) is 5.02. The lowest BCUT2D eigenvalue weighted by Crippen LogP contribution is -2.29. The van der Waals surface area contributed by atoms with Crippen molar-refractivity contribution in [2.24, 2.45) is 5.92 Å². The van der Waals surface area contributed by atoms with Gasteiger partial charge in [0.25, 0.3) is 0 Å².